The van der Waals surface area contributed by atoms with Crippen LogP contribution >= 0.6 is 11.3 Å². The first-order valence-electron chi connectivity index (χ1n) is 12.3. The maximum Gasteiger partial charge on any atom is 0.417 e. The molecular weight excluding hydrogens is 507 g/mol. The summed E-state index contributed by atoms with van der Waals surface area (Å²) in [5, 5.41) is 15.7. The number of likely N-dealkylation sites (tertiary alicyclic amines) is 1. The molecule has 202 valence electrons. The zero-order valence-corrected chi connectivity index (χ0v) is 22.1. The summed E-state index contributed by atoms with van der Waals surface area (Å²) >= 11 is 0.722. The summed E-state index contributed by atoms with van der Waals surface area (Å²) in [5.41, 5.74) is -2.99. The number of aliphatic hydroxyl groups is 1. The van der Waals surface area contributed by atoms with Gasteiger partial charge >= 0.3 is 6.18 Å². The second kappa shape index (κ2) is 9.86. The molecule has 1 saturated carbocycles. The van der Waals surface area contributed by atoms with E-state index in [1.807, 2.05) is 6.92 Å². The zero-order chi connectivity index (χ0) is 27.2. The maximum absolute atomic E-state index is 14.2. The Hall–Kier alpha value is -2.73. The summed E-state index contributed by atoms with van der Waals surface area (Å²) in [6, 6.07) is 0.824. The molecule has 2 fully saturated rings. The molecule has 2 aliphatic rings. The number of nitrogens with one attached hydrogen (secondary N) is 2. The molecule has 0 bridgehead atoms. The third-order valence-electron chi connectivity index (χ3n) is 6.66. The van der Waals surface area contributed by atoms with Gasteiger partial charge in [0.25, 0.3) is 11.8 Å². The molecule has 4 rings (SSSR count). The molecule has 12 heteroatoms. The van der Waals surface area contributed by atoms with Crippen LogP contribution in [-0.2, 0) is 6.18 Å². The highest BCUT2D eigenvalue weighted by atomic mass is 32.1. The number of alkyl halides is 3. The number of nitrogens with zero attached hydrogens (tertiary/aromatic N) is 3. The van der Waals surface area contributed by atoms with Gasteiger partial charge in [-0.05, 0) is 65.9 Å². The van der Waals surface area contributed by atoms with Crippen molar-refractivity contribution < 1.29 is 27.9 Å². The Morgan fingerprint density at radius 1 is 1.24 bits per heavy atom. The van der Waals surface area contributed by atoms with E-state index in [9.17, 15) is 27.9 Å². The monoisotopic (exact) mass is 539 g/mol. The fourth-order valence-electron chi connectivity index (χ4n) is 4.52. The summed E-state index contributed by atoms with van der Waals surface area (Å²) in [6.45, 7) is 7.76. The van der Waals surface area contributed by atoms with Crippen LogP contribution < -0.4 is 10.6 Å². The van der Waals surface area contributed by atoms with E-state index in [1.54, 1.807) is 25.7 Å². The first-order chi connectivity index (χ1) is 17.2. The Labute approximate surface area is 217 Å². The Balaban J connectivity index is 1.77. The van der Waals surface area contributed by atoms with Crippen LogP contribution in [0.1, 0.15) is 85.7 Å². The summed E-state index contributed by atoms with van der Waals surface area (Å²) in [4.78, 5) is 36.3. The van der Waals surface area contributed by atoms with Gasteiger partial charge in [0, 0.05) is 36.4 Å². The van der Waals surface area contributed by atoms with Crippen molar-refractivity contribution in [1.82, 2.24) is 20.2 Å². The molecule has 3 N–H and O–H groups in total. The smallest absolute Gasteiger partial charge is 0.388 e. The molecule has 37 heavy (non-hydrogen) atoms. The number of thiazole rings is 1. The molecule has 8 nitrogen and oxygen atoms in total. The second-order valence-corrected chi connectivity index (χ2v) is 11.9. The number of carbonyl (C=O) groups is 2. The SMILES string of the molecule is CC1CCCN1C(=O)c1nc(C(=O)NCC2(O)CCC2)sc1-c1cnc(NC(C)(C)C)cc1C(F)(F)F. The predicted molar refractivity (Wildman–Crippen MR) is 135 cm³/mol. The number of carbonyl (C=O) groups excluding carboxylic acids is 2. The molecule has 1 aliphatic heterocycles. The van der Waals surface area contributed by atoms with Crippen molar-refractivity contribution in [2.45, 2.75) is 83.2 Å². The van der Waals surface area contributed by atoms with Crippen molar-refractivity contribution in [2.24, 2.45) is 0 Å². The molecule has 3 heterocycles. The lowest BCUT2D eigenvalue weighted by atomic mass is 9.80. The van der Waals surface area contributed by atoms with Gasteiger partial charge in [0.15, 0.2) is 5.01 Å². The van der Waals surface area contributed by atoms with Crippen molar-refractivity contribution in [3.63, 3.8) is 0 Å². The van der Waals surface area contributed by atoms with Gasteiger partial charge in [-0.1, -0.05) is 0 Å². The molecule has 1 unspecified atom stereocenters. The molecule has 1 saturated heterocycles. The highest BCUT2D eigenvalue weighted by Gasteiger charge is 2.39. The van der Waals surface area contributed by atoms with Gasteiger partial charge in [-0.3, -0.25) is 9.59 Å². The van der Waals surface area contributed by atoms with Crippen molar-refractivity contribution in [3.05, 3.63) is 28.5 Å². The van der Waals surface area contributed by atoms with Gasteiger partial charge in [0.05, 0.1) is 16.0 Å². The van der Waals surface area contributed by atoms with Gasteiger partial charge < -0.3 is 20.6 Å². The highest BCUT2D eigenvalue weighted by molar-refractivity contribution is 7.17. The molecule has 0 radical (unpaired) electrons. The molecule has 2 aromatic rings. The minimum Gasteiger partial charge on any atom is -0.388 e. The fraction of sp³-hybridized carbons (Fsp3) is 0.600. The molecule has 1 atom stereocenters. The Bertz CT molecular complexity index is 1190. The molecular formula is C25H32F3N5O3S. The van der Waals surface area contributed by atoms with E-state index < -0.39 is 34.7 Å². The van der Waals surface area contributed by atoms with E-state index >= 15 is 0 Å². The van der Waals surface area contributed by atoms with E-state index in [0.29, 0.717) is 19.4 Å². The van der Waals surface area contributed by atoms with Crippen LogP contribution in [0.25, 0.3) is 10.4 Å². The largest absolute Gasteiger partial charge is 0.417 e. The van der Waals surface area contributed by atoms with Crippen molar-refractivity contribution >= 4 is 29.0 Å². The summed E-state index contributed by atoms with van der Waals surface area (Å²) < 4.78 is 42.7. The minimum absolute atomic E-state index is 0.00963. The van der Waals surface area contributed by atoms with Crippen LogP contribution in [0, 0.1) is 0 Å². The Morgan fingerprint density at radius 3 is 2.49 bits per heavy atom. The highest BCUT2D eigenvalue weighted by Crippen LogP contribution is 2.42. The van der Waals surface area contributed by atoms with E-state index in [1.165, 1.54) is 0 Å². The molecule has 0 spiro atoms. The Morgan fingerprint density at radius 2 is 1.95 bits per heavy atom. The van der Waals surface area contributed by atoms with Gasteiger partial charge in [-0.2, -0.15) is 13.2 Å². The molecule has 0 aromatic carbocycles. The first-order valence-corrected chi connectivity index (χ1v) is 13.2. The van der Waals surface area contributed by atoms with Crippen LogP contribution in [-0.4, -0.2) is 62.1 Å². The van der Waals surface area contributed by atoms with E-state index in [4.69, 9.17) is 0 Å². The van der Waals surface area contributed by atoms with Gasteiger partial charge in [-0.15, -0.1) is 11.3 Å². The van der Waals surface area contributed by atoms with Gasteiger partial charge in [-0.25, -0.2) is 9.97 Å². The number of anilines is 1. The van der Waals surface area contributed by atoms with Gasteiger partial charge in [0.2, 0.25) is 0 Å². The third-order valence-corrected chi connectivity index (χ3v) is 7.74. The van der Waals surface area contributed by atoms with Gasteiger partial charge in [0.1, 0.15) is 11.5 Å². The maximum atomic E-state index is 14.2. The average Bonchev–Trinajstić information content (AvgIpc) is 3.40. The van der Waals surface area contributed by atoms with Crippen molar-refractivity contribution in [2.75, 3.05) is 18.4 Å². The predicted octanol–water partition coefficient (Wildman–Crippen LogP) is 4.70. The zero-order valence-electron chi connectivity index (χ0n) is 21.3. The standard InChI is InChI=1S/C25H32F3N5O3S/c1-14-7-5-10-33(14)22(35)18-19(37-21(31-18)20(34)30-13-24(36)8-6-9-24)15-12-29-17(32-23(2,3)4)11-16(15)25(26,27)28/h11-12,14,36H,5-10,13H2,1-4H3,(H,29,32)(H,30,34). The normalized spacial score (nSPS) is 19.5. The third kappa shape index (κ3) is 6.06. The fourth-order valence-corrected chi connectivity index (χ4v) is 5.52. The van der Waals surface area contributed by atoms with Crippen molar-refractivity contribution in [1.29, 1.82) is 0 Å². The summed E-state index contributed by atoms with van der Waals surface area (Å²) in [6.07, 6.45) is -0.138. The number of pyridine rings is 1. The molecule has 1 aliphatic carbocycles. The lowest BCUT2D eigenvalue weighted by Gasteiger charge is -2.36. The lowest BCUT2D eigenvalue weighted by molar-refractivity contribution is -0.137. The first kappa shape index (κ1) is 27.3. The van der Waals surface area contributed by atoms with Crippen molar-refractivity contribution in [3.8, 4) is 10.4 Å². The number of rotatable bonds is 6. The Kier molecular flexibility index (Phi) is 7.28. The second-order valence-electron chi connectivity index (χ2n) is 10.9. The van der Waals surface area contributed by atoms with E-state index in [0.717, 1.165) is 42.9 Å². The number of hydrogen-bond acceptors (Lipinski definition) is 7. The quantitative estimate of drug-likeness (QED) is 0.491. The number of amides is 2. The van der Waals surface area contributed by atoms with Crippen LogP contribution in [0.5, 0.6) is 0 Å². The number of aromatic nitrogens is 2. The average molecular weight is 540 g/mol. The molecule has 2 amide bonds. The van der Waals surface area contributed by atoms with Crippen LogP contribution in [0.3, 0.4) is 0 Å². The van der Waals surface area contributed by atoms with Crippen LogP contribution in [0.2, 0.25) is 0 Å². The van der Waals surface area contributed by atoms with E-state index in [2.05, 4.69) is 20.6 Å². The summed E-state index contributed by atoms with van der Waals surface area (Å²) in [5.74, 6) is -1.12. The van der Waals surface area contributed by atoms with Crippen LogP contribution in [0.4, 0.5) is 19.0 Å². The topological polar surface area (TPSA) is 107 Å². The minimum atomic E-state index is -4.74. The molecule has 2 aromatic heterocycles. The summed E-state index contributed by atoms with van der Waals surface area (Å²) in [7, 11) is 0. The van der Waals surface area contributed by atoms with E-state index in [-0.39, 0.29) is 39.5 Å². The van der Waals surface area contributed by atoms with Crippen LogP contribution in [0.15, 0.2) is 12.3 Å². The number of halogens is 3. The number of hydrogen-bond donors (Lipinski definition) is 3. The lowest BCUT2D eigenvalue weighted by Crippen LogP contribution is -2.47.